The van der Waals surface area contributed by atoms with Gasteiger partial charge in [-0.3, -0.25) is 4.52 Å². The van der Waals surface area contributed by atoms with Crippen molar-refractivity contribution in [2.75, 3.05) is 33.0 Å². The van der Waals surface area contributed by atoms with Gasteiger partial charge in [0.2, 0.25) is 0 Å². The second kappa shape index (κ2) is 23.2. The topological polar surface area (TPSA) is 94.5 Å². The van der Waals surface area contributed by atoms with Crippen LogP contribution in [0, 0.1) is 0 Å². The van der Waals surface area contributed by atoms with Crippen LogP contribution in [0.3, 0.4) is 0 Å². The van der Waals surface area contributed by atoms with Crippen LogP contribution in [0.5, 0.6) is 5.75 Å². The van der Waals surface area contributed by atoms with Gasteiger partial charge in [0.05, 0.1) is 32.5 Å². The summed E-state index contributed by atoms with van der Waals surface area (Å²) >= 11 is 0. The van der Waals surface area contributed by atoms with Crippen LogP contribution in [-0.2, 0) is 18.6 Å². The van der Waals surface area contributed by atoms with Gasteiger partial charge in [-0.15, -0.1) is 0 Å². The van der Waals surface area contributed by atoms with Gasteiger partial charge < -0.3 is 24.0 Å². The molecule has 0 aromatic heterocycles. The summed E-state index contributed by atoms with van der Waals surface area (Å²) in [5.74, 6) is 0.804. The van der Waals surface area contributed by atoms with Crippen molar-refractivity contribution in [3.63, 3.8) is 0 Å². The number of benzene rings is 1. The molecule has 1 aromatic carbocycles. The maximum absolute atomic E-state index is 11.3. The minimum Gasteiger partial charge on any atom is -0.491 e. The number of hydrogen-bond donors (Lipinski definition) is 2. The summed E-state index contributed by atoms with van der Waals surface area (Å²) in [5, 5.41) is 0. The van der Waals surface area contributed by atoms with Crippen LogP contribution in [0.2, 0.25) is 0 Å². The van der Waals surface area contributed by atoms with Crippen molar-refractivity contribution >= 4 is 7.82 Å². The molecule has 1 rings (SSSR count). The number of para-hydroxylation sites is 1. The average molecular weight is 531 g/mol. The molecule has 1 unspecified atom stereocenters. The fourth-order valence-corrected chi connectivity index (χ4v) is 4.65. The van der Waals surface area contributed by atoms with E-state index < -0.39 is 13.9 Å². The zero-order valence-electron chi connectivity index (χ0n) is 22.5. The van der Waals surface area contributed by atoms with Crippen LogP contribution in [0.4, 0.5) is 0 Å². The lowest BCUT2D eigenvalue weighted by molar-refractivity contribution is -0.00356. The predicted octanol–water partition coefficient (Wildman–Crippen LogP) is 7.45. The maximum Gasteiger partial charge on any atom is 0.469 e. The van der Waals surface area contributed by atoms with E-state index in [1.54, 1.807) is 0 Å². The Kier molecular flexibility index (Phi) is 21.3. The lowest BCUT2D eigenvalue weighted by Crippen LogP contribution is -2.21. The minimum atomic E-state index is -4.54. The summed E-state index contributed by atoms with van der Waals surface area (Å²) in [4.78, 5) is 18.4. The van der Waals surface area contributed by atoms with Gasteiger partial charge in [-0.1, -0.05) is 115 Å². The Bertz CT molecular complexity index is 638. The number of unbranched alkanes of at least 4 members (excludes halogenated alkanes) is 13. The largest absolute Gasteiger partial charge is 0.491 e. The predicted molar refractivity (Wildman–Crippen MR) is 145 cm³/mol. The SMILES string of the molecule is CCCCCCCCCCCCCCCCC(COCCOCCOc1ccccc1)OP(=O)(O)O. The third-order valence-corrected chi connectivity index (χ3v) is 6.65. The van der Waals surface area contributed by atoms with Crippen LogP contribution >= 0.6 is 7.82 Å². The molecule has 8 heteroatoms. The highest BCUT2D eigenvalue weighted by Crippen LogP contribution is 2.38. The fraction of sp³-hybridized carbons (Fsp3) is 0.786. The van der Waals surface area contributed by atoms with E-state index in [0.29, 0.717) is 32.8 Å². The Morgan fingerprint density at radius 3 is 1.75 bits per heavy atom. The summed E-state index contributed by atoms with van der Waals surface area (Å²) in [6.45, 7) is 4.03. The Hall–Kier alpha value is -0.950. The quantitative estimate of drug-likeness (QED) is 0.0949. The Balaban J connectivity index is 1.98. The summed E-state index contributed by atoms with van der Waals surface area (Å²) in [5.41, 5.74) is 0. The van der Waals surface area contributed by atoms with E-state index in [1.165, 1.54) is 70.6 Å². The lowest BCUT2D eigenvalue weighted by atomic mass is 10.0. The number of rotatable bonds is 26. The highest BCUT2D eigenvalue weighted by atomic mass is 31.2. The maximum atomic E-state index is 11.3. The third-order valence-electron chi connectivity index (χ3n) is 6.08. The summed E-state index contributed by atoms with van der Waals surface area (Å²) in [6.07, 6.45) is 17.8. The van der Waals surface area contributed by atoms with Gasteiger partial charge in [-0.05, 0) is 18.6 Å². The molecular weight excluding hydrogens is 479 g/mol. The van der Waals surface area contributed by atoms with Gasteiger partial charge >= 0.3 is 7.82 Å². The zero-order chi connectivity index (χ0) is 26.2. The molecule has 7 nitrogen and oxygen atoms in total. The highest BCUT2D eigenvalue weighted by Gasteiger charge is 2.22. The second-order valence-corrected chi connectivity index (χ2v) is 10.6. The number of ether oxygens (including phenoxy) is 3. The van der Waals surface area contributed by atoms with Crippen molar-refractivity contribution in [2.24, 2.45) is 0 Å². The van der Waals surface area contributed by atoms with Crippen LogP contribution < -0.4 is 4.74 Å². The summed E-state index contributed by atoms with van der Waals surface area (Å²) in [6, 6.07) is 9.55. The van der Waals surface area contributed by atoms with E-state index in [0.717, 1.165) is 25.0 Å². The first-order chi connectivity index (χ1) is 17.5. The summed E-state index contributed by atoms with van der Waals surface area (Å²) in [7, 11) is -4.54. The van der Waals surface area contributed by atoms with E-state index in [4.69, 9.17) is 18.7 Å². The van der Waals surface area contributed by atoms with Crippen molar-refractivity contribution < 1.29 is 33.1 Å². The Morgan fingerprint density at radius 1 is 0.694 bits per heavy atom. The molecule has 0 bridgehead atoms. The average Bonchev–Trinajstić information content (AvgIpc) is 2.85. The number of phosphoric ester groups is 1. The number of hydrogen-bond acceptors (Lipinski definition) is 5. The molecule has 0 fully saturated rings. The van der Waals surface area contributed by atoms with Crippen LogP contribution in [0.1, 0.15) is 103 Å². The molecule has 36 heavy (non-hydrogen) atoms. The highest BCUT2D eigenvalue weighted by molar-refractivity contribution is 7.46. The van der Waals surface area contributed by atoms with Crippen molar-refractivity contribution in [1.29, 1.82) is 0 Å². The molecule has 1 aromatic rings. The van der Waals surface area contributed by atoms with Crippen molar-refractivity contribution in [3.05, 3.63) is 30.3 Å². The van der Waals surface area contributed by atoms with Crippen LogP contribution in [-0.4, -0.2) is 48.9 Å². The minimum absolute atomic E-state index is 0.146. The van der Waals surface area contributed by atoms with Crippen molar-refractivity contribution in [2.45, 2.75) is 109 Å². The van der Waals surface area contributed by atoms with Crippen molar-refractivity contribution in [3.8, 4) is 5.75 Å². The molecule has 0 amide bonds. The molecule has 0 saturated heterocycles. The van der Waals surface area contributed by atoms with Crippen LogP contribution in [0.15, 0.2) is 30.3 Å². The van der Waals surface area contributed by atoms with Gasteiger partial charge in [0.25, 0.3) is 0 Å². The fourth-order valence-electron chi connectivity index (χ4n) is 4.10. The molecule has 1 atom stereocenters. The first kappa shape index (κ1) is 33.1. The van der Waals surface area contributed by atoms with Gasteiger partial charge in [0.15, 0.2) is 0 Å². The number of phosphoric acid groups is 1. The summed E-state index contributed by atoms with van der Waals surface area (Å²) < 4.78 is 32.8. The van der Waals surface area contributed by atoms with Crippen LogP contribution in [0.25, 0.3) is 0 Å². The smallest absolute Gasteiger partial charge is 0.469 e. The molecule has 0 saturated carbocycles. The van der Waals surface area contributed by atoms with E-state index >= 15 is 0 Å². The molecule has 2 N–H and O–H groups in total. The zero-order valence-corrected chi connectivity index (χ0v) is 23.4. The molecule has 0 aliphatic rings. The molecule has 0 spiro atoms. The Labute approximate surface area is 219 Å². The van der Waals surface area contributed by atoms with Gasteiger partial charge in [0.1, 0.15) is 12.4 Å². The molecular formula is C28H51O7P. The monoisotopic (exact) mass is 530 g/mol. The molecule has 0 radical (unpaired) electrons. The van der Waals surface area contributed by atoms with Gasteiger partial charge in [0, 0.05) is 0 Å². The standard InChI is InChI=1S/C28H51O7P/c1-2-3-4-5-6-7-8-9-10-11-12-13-14-16-21-28(35-36(29,30)31)26-33-23-22-32-24-25-34-27-19-17-15-18-20-27/h15,17-20,28H,2-14,16,21-26H2,1H3,(H2,29,30,31). The van der Waals surface area contributed by atoms with Gasteiger partial charge in [-0.25, -0.2) is 4.57 Å². The molecule has 0 heterocycles. The van der Waals surface area contributed by atoms with E-state index in [-0.39, 0.29) is 6.61 Å². The second-order valence-electron chi connectivity index (χ2n) is 9.45. The third kappa shape index (κ3) is 22.3. The van der Waals surface area contributed by atoms with Gasteiger partial charge in [-0.2, -0.15) is 0 Å². The van der Waals surface area contributed by atoms with E-state index in [1.807, 2.05) is 30.3 Å². The van der Waals surface area contributed by atoms with E-state index in [9.17, 15) is 14.4 Å². The van der Waals surface area contributed by atoms with Crippen molar-refractivity contribution in [1.82, 2.24) is 0 Å². The first-order valence-electron chi connectivity index (χ1n) is 14.1. The molecule has 0 aliphatic carbocycles. The molecule has 0 aliphatic heterocycles. The normalized spacial score (nSPS) is 12.6. The first-order valence-corrected chi connectivity index (χ1v) is 15.6. The lowest BCUT2D eigenvalue weighted by Gasteiger charge is -2.18. The Morgan fingerprint density at radius 2 is 1.19 bits per heavy atom. The van der Waals surface area contributed by atoms with E-state index in [2.05, 4.69) is 6.92 Å². The molecule has 210 valence electrons.